The summed E-state index contributed by atoms with van der Waals surface area (Å²) >= 11 is 0. The van der Waals surface area contributed by atoms with Crippen LogP contribution in [0.25, 0.3) is 6.08 Å². The summed E-state index contributed by atoms with van der Waals surface area (Å²) in [5, 5.41) is 2.83. The molecule has 0 spiro atoms. The molecule has 1 fully saturated rings. The van der Waals surface area contributed by atoms with Crippen molar-refractivity contribution in [2.75, 3.05) is 32.4 Å². The summed E-state index contributed by atoms with van der Waals surface area (Å²) in [6.45, 7) is 3.50. The highest BCUT2D eigenvalue weighted by molar-refractivity contribution is 7.89. The Hall–Kier alpha value is -1.75. The lowest BCUT2D eigenvalue weighted by Crippen LogP contribution is -2.40. The van der Waals surface area contributed by atoms with Gasteiger partial charge in [0, 0.05) is 32.3 Å². The molecule has 0 saturated carbocycles. The van der Waals surface area contributed by atoms with Crippen LogP contribution in [0, 0.1) is 5.92 Å². The van der Waals surface area contributed by atoms with Crippen molar-refractivity contribution in [3.05, 3.63) is 35.9 Å². The van der Waals surface area contributed by atoms with Crippen LogP contribution in [0.4, 0.5) is 0 Å². The summed E-state index contributed by atoms with van der Waals surface area (Å²) in [5.74, 6) is 0.0146. The lowest BCUT2D eigenvalue weighted by atomic mass is 9.98. The molecule has 28 heavy (non-hydrogen) atoms. The second-order valence-corrected chi connectivity index (χ2v) is 10.5. The van der Waals surface area contributed by atoms with E-state index in [1.165, 1.54) is 28.8 Å². The smallest absolute Gasteiger partial charge is 0.244 e. The fourth-order valence-corrected chi connectivity index (χ4v) is 4.87. The van der Waals surface area contributed by atoms with Crippen LogP contribution in [0.15, 0.2) is 35.2 Å². The average Bonchev–Trinajstić information content (AvgIpc) is 2.64. The molecule has 8 nitrogen and oxygen atoms in total. The molecular weight excluding hydrogens is 402 g/mol. The van der Waals surface area contributed by atoms with Crippen molar-refractivity contribution in [3.63, 3.8) is 0 Å². The number of hydrogen-bond acceptors (Lipinski definition) is 5. The van der Waals surface area contributed by atoms with Gasteiger partial charge in [-0.15, -0.1) is 0 Å². The first-order valence-electron chi connectivity index (χ1n) is 9.12. The molecule has 1 heterocycles. The third-order valence-electron chi connectivity index (χ3n) is 4.56. The van der Waals surface area contributed by atoms with E-state index in [4.69, 9.17) is 0 Å². The molecule has 1 aliphatic rings. The zero-order valence-electron chi connectivity index (χ0n) is 16.1. The Morgan fingerprint density at radius 2 is 1.75 bits per heavy atom. The van der Waals surface area contributed by atoms with Gasteiger partial charge in [-0.05, 0) is 42.5 Å². The summed E-state index contributed by atoms with van der Waals surface area (Å²) in [5.41, 5.74) is 0.715. The summed E-state index contributed by atoms with van der Waals surface area (Å²) in [6.07, 6.45) is 5.67. The maximum atomic E-state index is 12.0. The van der Waals surface area contributed by atoms with Gasteiger partial charge >= 0.3 is 0 Å². The number of carbonyl (C=O) groups is 1. The first-order chi connectivity index (χ1) is 13.1. The standard InChI is InChI=1S/C18H27N3O5S2/c1-3-20-28(25,26)17-7-4-15(5-8-17)6-9-18(22)19-14-16-10-12-21(13-11-16)27(2,23)24/h4-9,16,20H,3,10-14H2,1-2H3,(H,19,22)/b9-6+. The molecule has 156 valence electrons. The third-order valence-corrected chi connectivity index (χ3v) is 7.42. The van der Waals surface area contributed by atoms with Gasteiger partial charge in [-0.2, -0.15) is 0 Å². The van der Waals surface area contributed by atoms with Gasteiger partial charge in [0.1, 0.15) is 0 Å². The van der Waals surface area contributed by atoms with Gasteiger partial charge in [0.05, 0.1) is 11.2 Å². The molecule has 0 aromatic heterocycles. The highest BCUT2D eigenvalue weighted by Crippen LogP contribution is 2.18. The Balaban J connectivity index is 1.81. The number of rotatable bonds is 8. The second-order valence-electron chi connectivity index (χ2n) is 6.75. The Kier molecular flexibility index (Phi) is 7.76. The number of nitrogens with zero attached hydrogens (tertiary/aromatic N) is 1. The molecule has 1 aromatic carbocycles. The van der Waals surface area contributed by atoms with Crippen molar-refractivity contribution >= 4 is 32.0 Å². The molecule has 0 unspecified atom stereocenters. The highest BCUT2D eigenvalue weighted by atomic mass is 32.2. The minimum absolute atomic E-state index is 0.177. The van der Waals surface area contributed by atoms with Crippen LogP contribution in [0.3, 0.4) is 0 Å². The van der Waals surface area contributed by atoms with Crippen LogP contribution in [0.5, 0.6) is 0 Å². The Morgan fingerprint density at radius 1 is 1.14 bits per heavy atom. The number of benzene rings is 1. The average molecular weight is 430 g/mol. The van der Waals surface area contributed by atoms with E-state index >= 15 is 0 Å². The predicted molar refractivity (Wildman–Crippen MR) is 108 cm³/mol. The Bertz CT molecular complexity index is 901. The van der Waals surface area contributed by atoms with E-state index in [-0.39, 0.29) is 16.7 Å². The first kappa shape index (κ1) is 22.5. The van der Waals surface area contributed by atoms with Gasteiger partial charge in [0.15, 0.2) is 0 Å². The summed E-state index contributed by atoms with van der Waals surface area (Å²) in [7, 11) is -6.63. The van der Waals surface area contributed by atoms with E-state index in [0.717, 1.165) is 12.8 Å². The molecule has 0 radical (unpaired) electrons. The summed E-state index contributed by atoms with van der Waals surface area (Å²) < 4.78 is 50.7. The summed E-state index contributed by atoms with van der Waals surface area (Å²) in [6, 6.07) is 6.25. The van der Waals surface area contributed by atoms with Crippen LogP contribution < -0.4 is 10.0 Å². The minimum Gasteiger partial charge on any atom is -0.352 e. The summed E-state index contributed by atoms with van der Waals surface area (Å²) in [4.78, 5) is 12.2. The Labute approximate surface area is 167 Å². The fraction of sp³-hybridized carbons (Fsp3) is 0.500. The van der Waals surface area contributed by atoms with Gasteiger partial charge in [0.25, 0.3) is 0 Å². The molecule has 0 atom stereocenters. The molecule has 0 aliphatic carbocycles. The van der Waals surface area contributed by atoms with E-state index in [9.17, 15) is 21.6 Å². The van der Waals surface area contributed by atoms with Crippen LogP contribution in [-0.2, 0) is 24.8 Å². The van der Waals surface area contributed by atoms with Crippen molar-refractivity contribution in [2.24, 2.45) is 5.92 Å². The number of carbonyl (C=O) groups excluding carboxylic acids is 1. The topological polar surface area (TPSA) is 113 Å². The van der Waals surface area contributed by atoms with Gasteiger partial charge in [-0.3, -0.25) is 4.79 Å². The van der Waals surface area contributed by atoms with E-state index in [1.807, 2.05) is 0 Å². The normalized spacial score (nSPS) is 17.1. The van der Waals surface area contributed by atoms with Crippen LogP contribution in [0.1, 0.15) is 25.3 Å². The lowest BCUT2D eigenvalue weighted by Gasteiger charge is -2.30. The highest BCUT2D eigenvalue weighted by Gasteiger charge is 2.24. The van der Waals surface area contributed by atoms with Gasteiger partial charge in [-0.1, -0.05) is 19.1 Å². The van der Waals surface area contributed by atoms with Crippen molar-refractivity contribution in [1.82, 2.24) is 14.3 Å². The largest absolute Gasteiger partial charge is 0.352 e. The SMILES string of the molecule is CCNS(=O)(=O)c1ccc(/C=C/C(=O)NCC2CCN(S(C)(=O)=O)CC2)cc1. The van der Waals surface area contributed by atoms with Crippen molar-refractivity contribution < 1.29 is 21.6 Å². The van der Waals surface area contributed by atoms with Gasteiger partial charge < -0.3 is 5.32 Å². The quantitative estimate of drug-likeness (QED) is 0.593. The number of piperidine rings is 1. The van der Waals surface area contributed by atoms with Crippen molar-refractivity contribution in [3.8, 4) is 0 Å². The van der Waals surface area contributed by atoms with E-state index in [0.29, 0.717) is 31.7 Å². The Morgan fingerprint density at radius 3 is 2.29 bits per heavy atom. The van der Waals surface area contributed by atoms with Crippen LogP contribution in [-0.4, -0.2) is 59.5 Å². The molecule has 1 amide bonds. The van der Waals surface area contributed by atoms with E-state index < -0.39 is 20.0 Å². The van der Waals surface area contributed by atoms with Crippen LogP contribution >= 0.6 is 0 Å². The molecule has 2 rings (SSSR count). The first-order valence-corrected chi connectivity index (χ1v) is 12.5. The lowest BCUT2D eigenvalue weighted by molar-refractivity contribution is -0.116. The second kappa shape index (κ2) is 9.64. The molecule has 2 N–H and O–H groups in total. The maximum Gasteiger partial charge on any atom is 0.244 e. The molecule has 1 aromatic rings. The third kappa shape index (κ3) is 6.69. The molecule has 1 aliphatic heterocycles. The number of nitrogens with one attached hydrogen (secondary N) is 2. The fourth-order valence-electron chi connectivity index (χ4n) is 2.95. The van der Waals surface area contributed by atoms with Crippen molar-refractivity contribution in [2.45, 2.75) is 24.7 Å². The maximum absolute atomic E-state index is 12.0. The van der Waals surface area contributed by atoms with Gasteiger partial charge in [0.2, 0.25) is 26.0 Å². The van der Waals surface area contributed by atoms with E-state index in [2.05, 4.69) is 10.0 Å². The zero-order chi connectivity index (χ0) is 20.8. The van der Waals surface area contributed by atoms with E-state index in [1.54, 1.807) is 25.1 Å². The van der Waals surface area contributed by atoms with Crippen molar-refractivity contribution in [1.29, 1.82) is 0 Å². The van der Waals surface area contributed by atoms with Gasteiger partial charge in [-0.25, -0.2) is 25.9 Å². The monoisotopic (exact) mass is 429 g/mol. The zero-order valence-corrected chi connectivity index (χ0v) is 17.7. The number of sulfonamides is 2. The number of amides is 1. The molecule has 0 bridgehead atoms. The van der Waals surface area contributed by atoms with Crippen LogP contribution in [0.2, 0.25) is 0 Å². The molecular formula is C18H27N3O5S2. The molecule has 1 saturated heterocycles. The predicted octanol–water partition coefficient (Wildman–Crippen LogP) is 0.786. The minimum atomic E-state index is -3.49. The number of hydrogen-bond donors (Lipinski definition) is 2. The molecule has 10 heteroatoms.